The molecule has 54 valence electrons. The molecule has 0 aliphatic rings. The number of rotatable bonds is 4. The summed E-state index contributed by atoms with van der Waals surface area (Å²) in [5.74, 6) is 0. The van der Waals surface area contributed by atoms with Gasteiger partial charge in [0.15, 0.2) is 0 Å². The van der Waals surface area contributed by atoms with Gasteiger partial charge < -0.3 is 0 Å². The maximum atomic E-state index is 5.00. The van der Waals surface area contributed by atoms with Crippen LogP contribution in [-0.4, -0.2) is 12.6 Å². The molecule has 0 radical (unpaired) electrons. The van der Waals surface area contributed by atoms with Crippen molar-refractivity contribution < 1.29 is 4.84 Å². The summed E-state index contributed by atoms with van der Waals surface area (Å²) in [6, 6.07) is 0.398. The maximum absolute atomic E-state index is 5.00. The molecular formula is C7H15NO. The molecule has 0 atom stereocenters. The lowest BCUT2D eigenvalue weighted by Crippen LogP contribution is -2.22. The van der Waals surface area contributed by atoms with Gasteiger partial charge in [0, 0.05) is 6.04 Å². The first kappa shape index (κ1) is 8.66. The molecule has 0 saturated carbocycles. The summed E-state index contributed by atoms with van der Waals surface area (Å²) in [7, 11) is 0. The Hall–Kier alpha value is -0.340. The molecule has 9 heavy (non-hydrogen) atoms. The summed E-state index contributed by atoms with van der Waals surface area (Å²) in [4.78, 5) is 5.00. The third kappa shape index (κ3) is 7.66. The zero-order valence-corrected chi connectivity index (χ0v) is 6.35. The van der Waals surface area contributed by atoms with Crippen molar-refractivity contribution >= 4 is 0 Å². The van der Waals surface area contributed by atoms with Crippen molar-refractivity contribution in [2.75, 3.05) is 6.61 Å². The average Bonchev–Trinajstić information content (AvgIpc) is 1.80. The largest absolute Gasteiger partial charge is 0.297 e. The second-order valence-electron chi connectivity index (χ2n) is 2.15. The molecule has 0 unspecified atom stereocenters. The molecule has 0 aliphatic carbocycles. The first-order valence-electron chi connectivity index (χ1n) is 3.26. The highest BCUT2D eigenvalue weighted by Gasteiger charge is 1.86. The molecule has 0 fully saturated rings. The van der Waals surface area contributed by atoms with Crippen LogP contribution < -0.4 is 5.48 Å². The Morgan fingerprint density at radius 2 is 2.22 bits per heavy atom. The van der Waals surface area contributed by atoms with Crippen LogP contribution in [0.25, 0.3) is 0 Å². The summed E-state index contributed by atoms with van der Waals surface area (Å²) >= 11 is 0. The van der Waals surface area contributed by atoms with Gasteiger partial charge in [0.1, 0.15) is 0 Å². The molecule has 0 bridgehead atoms. The van der Waals surface area contributed by atoms with Gasteiger partial charge in [-0.05, 0) is 20.8 Å². The van der Waals surface area contributed by atoms with Gasteiger partial charge >= 0.3 is 0 Å². The average molecular weight is 129 g/mol. The highest BCUT2D eigenvalue weighted by atomic mass is 16.6. The van der Waals surface area contributed by atoms with E-state index in [0.29, 0.717) is 12.6 Å². The van der Waals surface area contributed by atoms with E-state index >= 15 is 0 Å². The Morgan fingerprint density at radius 1 is 1.56 bits per heavy atom. The van der Waals surface area contributed by atoms with E-state index in [9.17, 15) is 0 Å². The van der Waals surface area contributed by atoms with Crippen LogP contribution in [0, 0.1) is 0 Å². The molecule has 1 N–H and O–H groups in total. The Bertz CT molecular complexity index is 79.0. The zero-order valence-electron chi connectivity index (χ0n) is 6.35. The highest BCUT2D eigenvalue weighted by molar-refractivity contribution is 4.75. The van der Waals surface area contributed by atoms with E-state index in [-0.39, 0.29) is 0 Å². The minimum absolute atomic E-state index is 0.398. The number of hydroxylamine groups is 1. The van der Waals surface area contributed by atoms with Crippen molar-refractivity contribution in [3.8, 4) is 0 Å². The van der Waals surface area contributed by atoms with Crippen LogP contribution in [-0.2, 0) is 4.84 Å². The van der Waals surface area contributed by atoms with Crippen LogP contribution in [0.4, 0.5) is 0 Å². The lowest BCUT2D eigenvalue weighted by molar-refractivity contribution is 0.0438. The number of hydrogen-bond donors (Lipinski definition) is 1. The van der Waals surface area contributed by atoms with Gasteiger partial charge in [-0.25, -0.2) is 0 Å². The number of allylic oxidation sites excluding steroid dienone is 1. The normalized spacial score (nSPS) is 11.6. The molecule has 0 aromatic rings. The first-order valence-corrected chi connectivity index (χ1v) is 3.26. The monoisotopic (exact) mass is 129 g/mol. The molecule has 0 aromatic heterocycles. The number of nitrogens with one attached hydrogen (secondary N) is 1. The Kier molecular flexibility index (Phi) is 5.57. The van der Waals surface area contributed by atoms with E-state index in [1.165, 1.54) is 0 Å². The van der Waals surface area contributed by atoms with Crippen LogP contribution in [0.1, 0.15) is 20.8 Å². The minimum atomic E-state index is 0.398. The quantitative estimate of drug-likeness (QED) is 0.353. The SMILES string of the molecule is C/C=C/CONC(C)C. The summed E-state index contributed by atoms with van der Waals surface area (Å²) < 4.78 is 0. The fourth-order valence-electron chi connectivity index (χ4n) is 0.359. The molecule has 0 amide bonds. The van der Waals surface area contributed by atoms with E-state index < -0.39 is 0 Å². The van der Waals surface area contributed by atoms with Crippen molar-refractivity contribution in [3.05, 3.63) is 12.2 Å². The van der Waals surface area contributed by atoms with Crippen molar-refractivity contribution in [1.82, 2.24) is 5.48 Å². The van der Waals surface area contributed by atoms with Crippen LogP contribution in [0.15, 0.2) is 12.2 Å². The fourth-order valence-corrected chi connectivity index (χ4v) is 0.359. The molecule has 0 heterocycles. The van der Waals surface area contributed by atoms with E-state index in [4.69, 9.17) is 4.84 Å². The van der Waals surface area contributed by atoms with Gasteiger partial charge in [0.2, 0.25) is 0 Å². The van der Waals surface area contributed by atoms with Gasteiger partial charge in [-0.15, -0.1) is 0 Å². The minimum Gasteiger partial charge on any atom is -0.297 e. The fraction of sp³-hybridized carbons (Fsp3) is 0.714. The van der Waals surface area contributed by atoms with Crippen LogP contribution in [0.5, 0.6) is 0 Å². The van der Waals surface area contributed by atoms with Crippen molar-refractivity contribution in [2.45, 2.75) is 26.8 Å². The second-order valence-corrected chi connectivity index (χ2v) is 2.15. The summed E-state index contributed by atoms with van der Waals surface area (Å²) in [6.45, 7) is 6.69. The number of hydrogen-bond acceptors (Lipinski definition) is 2. The van der Waals surface area contributed by atoms with Crippen LogP contribution >= 0.6 is 0 Å². The van der Waals surface area contributed by atoms with Gasteiger partial charge in [0.25, 0.3) is 0 Å². The zero-order chi connectivity index (χ0) is 7.11. The first-order chi connectivity index (χ1) is 4.27. The van der Waals surface area contributed by atoms with E-state index in [1.54, 1.807) is 0 Å². The van der Waals surface area contributed by atoms with Crippen molar-refractivity contribution in [2.24, 2.45) is 0 Å². The molecule has 0 saturated heterocycles. The van der Waals surface area contributed by atoms with E-state index in [1.807, 2.05) is 32.9 Å². The summed E-state index contributed by atoms with van der Waals surface area (Å²) in [5, 5.41) is 0. The highest BCUT2D eigenvalue weighted by Crippen LogP contribution is 1.77. The predicted octanol–water partition coefficient (Wildman–Crippen LogP) is 1.49. The summed E-state index contributed by atoms with van der Waals surface area (Å²) in [5.41, 5.74) is 2.83. The topological polar surface area (TPSA) is 21.3 Å². The molecule has 0 aliphatic heterocycles. The standard InChI is InChI=1S/C7H15NO/c1-4-5-6-9-8-7(2)3/h4-5,7-8H,6H2,1-3H3/b5-4+. The van der Waals surface area contributed by atoms with Crippen LogP contribution in [0.3, 0.4) is 0 Å². The second kappa shape index (κ2) is 5.79. The lowest BCUT2D eigenvalue weighted by Gasteiger charge is -2.05. The Morgan fingerprint density at radius 3 is 2.67 bits per heavy atom. The molecule has 2 nitrogen and oxygen atoms in total. The Labute approximate surface area is 56.9 Å². The molecule has 0 rings (SSSR count). The summed E-state index contributed by atoms with van der Waals surface area (Å²) in [6.07, 6.45) is 3.91. The molecule has 0 aromatic carbocycles. The van der Waals surface area contributed by atoms with Gasteiger partial charge in [-0.1, -0.05) is 12.2 Å². The van der Waals surface area contributed by atoms with E-state index in [2.05, 4.69) is 5.48 Å². The van der Waals surface area contributed by atoms with Gasteiger partial charge in [0.05, 0.1) is 6.61 Å². The maximum Gasteiger partial charge on any atom is 0.0863 e. The lowest BCUT2D eigenvalue weighted by atomic mass is 10.4. The van der Waals surface area contributed by atoms with Crippen LogP contribution in [0.2, 0.25) is 0 Å². The smallest absolute Gasteiger partial charge is 0.0863 e. The molecule has 2 heteroatoms. The van der Waals surface area contributed by atoms with Crippen molar-refractivity contribution in [1.29, 1.82) is 0 Å². The Balaban J connectivity index is 2.91. The van der Waals surface area contributed by atoms with Crippen molar-refractivity contribution in [3.63, 3.8) is 0 Å². The third-order valence-electron chi connectivity index (χ3n) is 0.734. The van der Waals surface area contributed by atoms with E-state index in [0.717, 1.165) is 0 Å². The third-order valence-corrected chi connectivity index (χ3v) is 0.734. The predicted molar refractivity (Wildman–Crippen MR) is 39.0 cm³/mol. The molecular weight excluding hydrogens is 114 g/mol. The van der Waals surface area contributed by atoms with Gasteiger partial charge in [-0.3, -0.25) is 4.84 Å². The molecule has 0 spiro atoms. The van der Waals surface area contributed by atoms with Gasteiger partial charge in [-0.2, -0.15) is 5.48 Å².